The summed E-state index contributed by atoms with van der Waals surface area (Å²) in [5.74, 6) is -2.47. The number of alkyl halides is 3. The summed E-state index contributed by atoms with van der Waals surface area (Å²) in [7, 11) is 0. The fourth-order valence-electron chi connectivity index (χ4n) is 5.90. The molecule has 2 saturated heterocycles. The van der Waals surface area contributed by atoms with Gasteiger partial charge in [-0.1, -0.05) is 23.7 Å². The van der Waals surface area contributed by atoms with Gasteiger partial charge in [0, 0.05) is 24.1 Å². The van der Waals surface area contributed by atoms with Crippen LogP contribution in [0.1, 0.15) is 65.2 Å². The minimum Gasteiger partial charge on any atom is -0.477 e. The first-order valence-electron chi connectivity index (χ1n) is 13.6. The van der Waals surface area contributed by atoms with Gasteiger partial charge in [-0.3, -0.25) is 4.90 Å². The average molecular weight is 610 g/mol. The Kier molecular flexibility index (Phi) is 7.35. The molecule has 0 aliphatic carbocycles. The fraction of sp³-hybridized carbons (Fsp3) is 0.448. The van der Waals surface area contributed by atoms with E-state index in [1.807, 2.05) is 17.0 Å². The van der Waals surface area contributed by atoms with E-state index in [4.69, 9.17) is 25.8 Å². The van der Waals surface area contributed by atoms with Crippen molar-refractivity contribution in [3.63, 3.8) is 0 Å². The smallest absolute Gasteiger partial charge is 0.435 e. The lowest BCUT2D eigenvalue weighted by atomic mass is 9.88. The van der Waals surface area contributed by atoms with Crippen LogP contribution in [-0.2, 0) is 29.8 Å². The molecule has 2 aromatic carbocycles. The van der Waals surface area contributed by atoms with Gasteiger partial charge in [0.15, 0.2) is 22.9 Å². The van der Waals surface area contributed by atoms with Gasteiger partial charge in [-0.25, -0.2) is 14.2 Å². The molecule has 4 heterocycles. The number of hydrogen-bond donors (Lipinski definition) is 1. The lowest BCUT2D eigenvalue weighted by molar-refractivity contribution is -0.141. The molecule has 42 heavy (non-hydrogen) atoms. The lowest BCUT2D eigenvalue weighted by Crippen LogP contribution is -2.36. The summed E-state index contributed by atoms with van der Waals surface area (Å²) >= 11 is 5.92. The Balaban J connectivity index is 1.19. The number of fused-ring (bicyclic) bond motifs is 1. The van der Waals surface area contributed by atoms with Gasteiger partial charge >= 0.3 is 12.1 Å². The highest BCUT2D eigenvalue weighted by atomic mass is 35.5. The second-order valence-electron chi connectivity index (χ2n) is 10.9. The van der Waals surface area contributed by atoms with Crippen LogP contribution >= 0.6 is 11.6 Å². The number of rotatable bonds is 7. The molecule has 0 spiro atoms. The minimum atomic E-state index is -4.90. The van der Waals surface area contributed by atoms with Crippen molar-refractivity contribution in [2.75, 3.05) is 19.7 Å². The Morgan fingerprint density at radius 2 is 1.90 bits per heavy atom. The fourth-order valence-corrected chi connectivity index (χ4v) is 6.06. The van der Waals surface area contributed by atoms with Crippen molar-refractivity contribution < 1.29 is 41.7 Å². The molecule has 8 nitrogen and oxygen atoms in total. The van der Waals surface area contributed by atoms with Crippen molar-refractivity contribution in [3.8, 4) is 11.5 Å². The Morgan fingerprint density at radius 1 is 1.17 bits per heavy atom. The highest BCUT2D eigenvalue weighted by molar-refractivity contribution is 6.30. The molecule has 224 valence electrons. The molecule has 6 rings (SSSR count). The first kappa shape index (κ1) is 28.8. The topological polar surface area (TPSA) is 86.1 Å². The van der Waals surface area contributed by atoms with Crippen LogP contribution in [0.5, 0.6) is 11.5 Å². The van der Waals surface area contributed by atoms with Crippen LogP contribution in [0, 0.1) is 5.82 Å². The van der Waals surface area contributed by atoms with E-state index in [1.54, 1.807) is 19.1 Å². The number of hydrogen-bond acceptors (Lipinski definition) is 6. The molecule has 3 aliphatic rings. The molecule has 0 radical (unpaired) electrons. The normalized spacial score (nSPS) is 22.8. The highest BCUT2D eigenvalue weighted by Crippen LogP contribution is 2.50. The van der Waals surface area contributed by atoms with Crippen molar-refractivity contribution in [2.45, 2.75) is 63.3 Å². The Labute approximate surface area is 243 Å². The molecule has 2 fully saturated rings. The number of aromatic nitrogens is 2. The number of carboxylic acids is 1. The number of aromatic carboxylic acids is 1. The van der Waals surface area contributed by atoms with E-state index in [-0.39, 0.29) is 41.5 Å². The number of halogens is 5. The van der Waals surface area contributed by atoms with Crippen molar-refractivity contribution in [1.29, 1.82) is 0 Å². The number of para-hydroxylation sites is 1. The van der Waals surface area contributed by atoms with Gasteiger partial charge in [0.25, 0.3) is 5.79 Å². The van der Waals surface area contributed by atoms with Gasteiger partial charge in [0.1, 0.15) is 11.6 Å². The van der Waals surface area contributed by atoms with Crippen LogP contribution in [-0.4, -0.2) is 51.3 Å². The quantitative estimate of drug-likeness (QED) is 0.319. The summed E-state index contributed by atoms with van der Waals surface area (Å²) in [5, 5.41) is 9.90. The van der Waals surface area contributed by atoms with Crippen molar-refractivity contribution >= 4 is 17.6 Å². The third kappa shape index (κ3) is 5.31. The van der Waals surface area contributed by atoms with E-state index in [0.29, 0.717) is 50.5 Å². The zero-order valence-electron chi connectivity index (χ0n) is 22.6. The number of nitrogens with zero attached hydrogens (tertiary/aromatic N) is 3. The van der Waals surface area contributed by atoms with Gasteiger partial charge in [0.2, 0.25) is 0 Å². The van der Waals surface area contributed by atoms with Crippen LogP contribution in [0.25, 0.3) is 0 Å². The second kappa shape index (κ2) is 10.7. The third-order valence-corrected chi connectivity index (χ3v) is 8.36. The summed E-state index contributed by atoms with van der Waals surface area (Å²) in [6, 6.07) is 9.85. The molecule has 0 unspecified atom stereocenters. The minimum absolute atomic E-state index is 0.00299. The van der Waals surface area contributed by atoms with Crippen LogP contribution in [0.4, 0.5) is 17.6 Å². The van der Waals surface area contributed by atoms with Gasteiger partial charge in [-0.05, 0) is 62.5 Å². The summed E-state index contributed by atoms with van der Waals surface area (Å²) in [5.41, 5.74) is -1.14. The van der Waals surface area contributed by atoms with Crippen LogP contribution in [0.2, 0.25) is 5.02 Å². The number of carbonyl (C=O) groups is 1. The Morgan fingerprint density at radius 3 is 2.52 bits per heavy atom. The third-order valence-electron chi connectivity index (χ3n) is 8.12. The van der Waals surface area contributed by atoms with E-state index in [1.165, 1.54) is 12.1 Å². The molecule has 0 amide bonds. The van der Waals surface area contributed by atoms with Crippen LogP contribution in [0.15, 0.2) is 36.4 Å². The predicted octanol–water partition coefficient (Wildman–Crippen LogP) is 6.21. The molecular formula is C29H28ClF4N3O5. The Bertz CT molecular complexity index is 1520. The van der Waals surface area contributed by atoms with Crippen molar-refractivity contribution in [1.82, 2.24) is 14.5 Å². The average Bonchev–Trinajstić information content (AvgIpc) is 3.44. The summed E-state index contributed by atoms with van der Waals surface area (Å²) in [6.45, 7) is 3.27. The van der Waals surface area contributed by atoms with E-state index >= 15 is 0 Å². The van der Waals surface area contributed by atoms with Crippen LogP contribution in [0.3, 0.4) is 0 Å². The SMILES string of the molecule is C[C@]1(c2ccc(Cl)cc2F)Oc2cccc(C3CCN(Cc4nc(C(F)(F)F)c(C(=O)O)n4C[C@@H]4CCO4)CC3)c2O1. The van der Waals surface area contributed by atoms with E-state index < -0.39 is 35.1 Å². The van der Waals surface area contributed by atoms with Gasteiger partial charge < -0.3 is 23.9 Å². The predicted molar refractivity (Wildman–Crippen MR) is 142 cm³/mol. The zero-order chi connectivity index (χ0) is 29.8. The summed E-state index contributed by atoms with van der Waals surface area (Å²) in [4.78, 5) is 17.6. The first-order chi connectivity index (χ1) is 19.9. The van der Waals surface area contributed by atoms with Gasteiger partial charge in [-0.15, -0.1) is 0 Å². The number of likely N-dealkylation sites (tertiary alicyclic amines) is 1. The lowest BCUT2D eigenvalue weighted by Gasteiger charge is -2.33. The monoisotopic (exact) mass is 609 g/mol. The molecule has 0 bridgehead atoms. The second-order valence-corrected chi connectivity index (χ2v) is 11.4. The Hall–Kier alpha value is -3.35. The molecule has 3 aromatic rings. The van der Waals surface area contributed by atoms with E-state index in [0.717, 1.165) is 10.1 Å². The number of piperidine rings is 1. The number of carboxylic acid groups (broad SMARTS) is 1. The van der Waals surface area contributed by atoms with E-state index in [2.05, 4.69) is 4.98 Å². The number of benzene rings is 2. The maximum Gasteiger partial charge on any atom is 0.435 e. The zero-order valence-corrected chi connectivity index (χ0v) is 23.3. The summed E-state index contributed by atoms with van der Waals surface area (Å²) in [6.07, 6.45) is -3.29. The molecule has 1 aromatic heterocycles. The summed E-state index contributed by atoms with van der Waals surface area (Å²) < 4.78 is 74.8. The number of ether oxygens (including phenoxy) is 3. The first-order valence-corrected chi connectivity index (χ1v) is 14.0. The largest absolute Gasteiger partial charge is 0.477 e. The maximum atomic E-state index is 14.7. The molecule has 13 heteroatoms. The number of imidazole rings is 1. The van der Waals surface area contributed by atoms with Gasteiger partial charge in [-0.2, -0.15) is 13.2 Å². The molecule has 3 aliphatic heterocycles. The molecule has 1 N–H and O–H groups in total. The molecular weight excluding hydrogens is 582 g/mol. The highest BCUT2D eigenvalue weighted by Gasteiger charge is 2.44. The van der Waals surface area contributed by atoms with E-state index in [9.17, 15) is 27.5 Å². The van der Waals surface area contributed by atoms with Gasteiger partial charge in [0.05, 0.1) is 24.8 Å². The molecule has 2 atom stereocenters. The standard InChI is InChI=1S/C29H28ClF4N3O5/c1-28(20-6-5-17(30)13-21(20)31)41-22-4-2-3-19(25(22)42-28)16-7-10-36(11-8-16)15-23-35-26(29(32,33)34)24(27(38)39)37(23)14-18-9-12-40-18/h2-6,13,16,18H,7-12,14-15H2,1H3,(H,38,39)/t18-,28-/m0/s1. The maximum absolute atomic E-state index is 14.7. The molecule has 0 saturated carbocycles. The van der Waals surface area contributed by atoms with Crippen LogP contribution < -0.4 is 9.47 Å². The van der Waals surface area contributed by atoms with Crippen molar-refractivity contribution in [2.24, 2.45) is 0 Å². The van der Waals surface area contributed by atoms with Crippen molar-refractivity contribution in [3.05, 3.63) is 75.6 Å².